The number of aryl methyl sites for hydroxylation is 2. The first-order valence-corrected chi connectivity index (χ1v) is 7.47. The zero-order valence-electron chi connectivity index (χ0n) is 12.3. The average Bonchev–Trinajstić information content (AvgIpc) is 2.37. The van der Waals surface area contributed by atoms with Gasteiger partial charge in [0.05, 0.1) is 0 Å². The molecule has 0 aromatic heterocycles. The van der Waals surface area contributed by atoms with Gasteiger partial charge in [-0.3, -0.25) is 0 Å². The van der Waals surface area contributed by atoms with Crippen LogP contribution in [0.15, 0.2) is 24.3 Å². The van der Waals surface area contributed by atoms with Crippen molar-refractivity contribution < 1.29 is 0 Å². The minimum absolute atomic E-state index is 0.355. The third-order valence-corrected chi connectivity index (χ3v) is 3.70. The van der Waals surface area contributed by atoms with E-state index in [1.807, 2.05) is 0 Å². The van der Waals surface area contributed by atoms with Crippen LogP contribution >= 0.6 is 0 Å². The molecule has 1 nitrogen and oxygen atoms in total. The third-order valence-electron chi connectivity index (χ3n) is 3.70. The lowest BCUT2D eigenvalue weighted by Crippen LogP contribution is -2.26. The molecule has 102 valence electrons. The first kappa shape index (κ1) is 15.2. The average molecular weight is 247 g/mol. The van der Waals surface area contributed by atoms with Crippen molar-refractivity contribution in [1.29, 1.82) is 0 Å². The molecule has 0 amide bonds. The molecule has 2 N–H and O–H groups in total. The van der Waals surface area contributed by atoms with Crippen LogP contribution in [-0.2, 0) is 12.8 Å². The molecular weight excluding hydrogens is 218 g/mol. The highest BCUT2D eigenvalue weighted by Crippen LogP contribution is 2.12. The Morgan fingerprint density at radius 3 is 1.89 bits per heavy atom. The number of rotatable bonds is 8. The van der Waals surface area contributed by atoms with E-state index in [0.29, 0.717) is 12.0 Å². The first-order valence-electron chi connectivity index (χ1n) is 7.47. The van der Waals surface area contributed by atoms with Gasteiger partial charge in [-0.1, -0.05) is 51.5 Å². The van der Waals surface area contributed by atoms with Gasteiger partial charge in [0.2, 0.25) is 0 Å². The van der Waals surface area contributed by atoms with Gasteiger partial charge >= 0.3 is 0 Å². The summed E-state index contributed by atoms with van der Waals surface area (Å²) in [6.45, 7) is 6.65. The van der Waals surface area contributed by atoms with Gasteiger partial charge in [0.25, 0.3) is 0 Å². The van der Waals surface area contributed by atoms with Gasteiger partial charge in [-0.05, 0) is 49.1 Å². The molecule has 0 aliphatic carbocycles. The molecule has 1 unspecified atom stereocenters. The van der Waals surface area contributed by atoms with Crippen LogP contribution in [0.1, 0.15) is 57.6 Å². The van der Waals surface area contributed by atoms with E-state index in [1.165, 1.54) is 36.8 Å². The van der Waals surface area contributed by atoms with Gasteiger partial charge in [-0.25, -0.2) is 0 Å². The van der Waals surface area contributed by atoms with Crippen LogP contribution < -0.4 is 5.73 Å². The third kappa shape index (κ3) is 5.68. The van der Waals surface area contributed by atoms with Crippen molar-refractivity contribution in [3.8, 4) is 0 Å². The normalized spacial score (nSPS) is 12.9. The fraction of sp³-hybridized carbons (Fsp3) is 0.647. The Balaban J connectivity index is 2.30. The fourth-order valence-electron chi connectivity index (χ4n) is 2.13. The quantitative estimate of drug-likeness (QED) is 0.727. The zero-order chi connectivity index (χ0) is 13.4. The van der Waals surface area contributed by atoms with Gasteiger partial charge < -0.3 is 5.73 Å². The molecule has 0 fully saturated rings. The Kier molecular flexibility index (Phi) is 7.04. The molecule has 0 bridgehead atoms. The monoisotopic (exact) mass is 247 g/mol. The van der Waals surface area contributed by atoms with E-state index < -0.39 is 0 Å². The van der Waals surface area contributed by atoms with Gasteiger partial charge in [0.1, 0.15) is 0 Å². The van der Waals surface area contributed by atoms with E-state index >= 15 is 0 Å². The predicted octanol–water partition coefficient (Wildman–Crippen LogP) is 4.34. The lowest BCUT2D eigenvalue weighted by atomic mass is 9.97. The summed E-state index contributed by atoms with van der Waals surface area (Å²) < 4.78 is 0. The van der Waals surface area contributed by atoms with E-state index in [0.717, 1.165) is 12.8 Å². The number of unbranched alkanes of at least 4 members (excludes halogenated alkanes) is 1. The second kappa shape index (κ2) is 8.31. The highest BCUT2D eigenvalue weighted by atomic mass is 14.6. The molecule has 18 heavy (non-hydrogen) atoms. The van der Waals surface area contributed by atoms with E-state index in [4.69, 9.17) is 5.73 Å². The summed E-state index contributed by atoms with van der Waals surface area (Å²) in [5, 5.41) is 0. The smallest absolute Gasteiger partial charge is 0.00620 e. The topological polar surface area (TPSA) is 26.0 Å². The second-order valence-corrected chi connectivity index (χ2v) is 5.72. The summed E-state index contributed by atoms with van der Waals surface area (Å²) in [5.74, 6) is 0.599. The van der Waals surface area contributed by atoms with Crippen molar-refractivity contribution >= 4 is 0 Å². The molecule has 0 aliphatic heterocycles. The van der Waals surface area contributed by atoms with Crippen molar-refractivity contribution in [1.82, 2.24) is 0 Å². The van der Waals surface area contributed by atoms with Crippen LogP contribution in [0.25, 0.3) is 0 Å². The summed E-state index contributed by atoms with van der Waals surface area (Å²) in [5.41, 5.74) is 8.98. The lowest BCUT2D eigenvalue weighted by molar-refractivity contribution is 0.452. The number of benzene rings is 1. The standard InChI is InChI=1S/C17H29N/c1-4-5-7-15-10-12-16(13-11-15)8-6-9-17(18)14(2)3/h10-14,17H,4-9,18H2,1-3H3. The van der Waals surface area contributed by atoms with Crippen LogP contribution in [0.3, 0.4) is 0 Å². The van der Waals surface area contributed by atoms with E-state index in [1.54, 1.807) is 0 Å². The number of hydrogen-bond acceptors (Lipinski definition) is 1. The molecule has 1 rings (SSSR count). The predicted molar refractivity (Wildman–Crippen MR) is 80.8 cm³/mol. The van der Waals surface area contributed by atoms with Crippen LogP contribution in [0.5, 0.6) is 0 Å². The van der Waals surface area contributed by atoms with Crippen LogP contribution in [0, 0.1) is 5.92 Å². The Labute approximate surface area is 113 Å². The largest absolute Gasteiger partial charge is 0.327 e. The zero-order valence-corrected chi connectivity index (χ0v) is 12.3. The van der Waals surface area contributed by atoms with E-state index in [9.17, 15) is 0 Å². The van der Waals surface area contributed by atoms with Crippen molar-refractivity contribution in [2.24, 2.45) is 11.7 Å². The molecule has 0 saturated carbocycles. The van der Waals surface area contributed by atoms with Gasteiger partial charge in [0.15, 0.2) is 0 Å². The molecule has 0 spiro atoms. The molecule has 0 radical (unpaired) electrons. The maximum Gasteiger partial charge on any atom is 0.00620 e. The summed E-state index contributed by atoms with van der Waals surface area (Å²) >= 11 is 0. The minimum atomic E-state index is 0.355. The van der Waals surface area contributed by atoms with Gasteiger partial charge in [-0.15, -0.1) is 0 Å². The SMILES string of the molecule is CCCCc1ccc(CCCC(N)C(C)C)cc1. The van der Waals surface area contributed by atoms with E-state index in [2.05, 4.69) is 45.0 Å². The van der Waals surface area contributed by atoms with E-state index in [-0.39, 0.29) is 0 Å². The molecule has 1 aromatic rings. The molecule has 0 heterocycles. The molecular formula is C17H29N. The molecule has 1 atom stereocenters. The van der Waals surface area contributed by atoms with Crippen molar-refractivity contribution in [3.05, 3.63) is 35.4 Å². The maximum absolute atomic E-state index is 6.06. The summed E-state index contributed by atoms with van der Waals surface area (Å²) in [6.07, 6.45) is 7.28. The Morgan fingerprint density at radius 2 is 1.44 bits per heavy atom. The first-order chi connectivity index (χ1) is 8.63. The molecule has 0 aliphatic rings. The molecule has 1 heteroatoms. The minimum Gasteiger partial charge on any atom is -0.327 e. The summed E-state index contributed by atoms with van der Waals surface area (Å²) in [6, 6.07) is 9.49. The summed E-state index contributed by atoms with van der Waals surface area (Å²) in [4.78, 5) is 0. The summed E-state index contributed by atoms with van der Waals surface area (Å²) in [7, 11) is 0. The highest BCUT2D eigenvalue weighted by Gasteiger charge is 2.06. The number of hydrogen-bond donors (Lipinski definition) is 1. The highest BCUT2D eigenvalue weighted by molar-refractivity contribution is 5.22. The van der Waals surface area contributed by atoms with Crippen LogP contribution in [0.4, 0.5) is 0 Å². The van der Waals surface area contributed by atoms with Gasteiger partial charge in [0, 0.05) is 6.04 Å². The Bertz CT molecular complexity index is 313. The van der Waals surface area contributed by atoms with Crippen molar-refractivity contribution in [2.75, 3.05) is 0 Å². The van der Waals surface area contributed by atoms with Crippen LogP contribution in [0.2, 0.25) is 0 Å². The molecule has 1 aromatic carbocycles. The second-order valence-electron chi connectivity index (χ2n) is 5.72. The Hall–Kier alpha value is -0.820. The Morgan fingerprint density at radius 1 is 0.944 bits per heavy atom. The number of nitrogens with two attached hydrogens (primary N) is 1. The van der Waals surface area contributed by atoms with Crippen molar-refractivity contribution in [3.63, 3.8) is 0 Å². The molecule has 0 saturated heterocycles. The van der Waals surface area contributed by atoms with Crippen molar-refractivity contribution in [2.45, 2.75) is 65.3 Å². The van der Waals surface area contributed by atoms with Gasteiger partial charge in [-0.2, -0.15) is 0 Å². The maximum atomic E-state index is 6.06. The fourth-order valence-corrected chi connectivity index (χ4v) is 2.13. The van der Waals surface area contributed by atoms with Crippen LogP contribution in [-0.4, -0.2) is 6.04 Å². The lowest BCUT2D eigenvalue weighted by Gasteiger charge is -2.15.